The maximum absolute atomic E-state index is 10.6. The van der Waals surface area contributed by atoms with Gasteiger partial charge in [0.15, 0.2) is 6.04 Å². The van der Waals surface area contributed by atoms with Crippen LogP contribution in [0.2, 0.25) is 0 Å². The Balaban J connectivity index is 2.00. The number of nitrogens with zero attached hydrogens (tertiary/aromatic N) is 1. The molecule has 0 radical (unpaired) electrons. The monoisotopic (exact) mass is 200 g/mol. The van der Waals surface area contributed by atoms with Crippen LogP contribution < -0.4 is 5.32 Å². The van der Waals surface area contributed by atoms with Gasteiger partial charge in [-0.3, -0.25) is 4.99 Å². The van der Waals surface area contributed by atoms with Gasteiger partial charge in [0.05, 0.1) is 5.04 Å². The van der Waals surface area contributed by atoms with Crippen molar-refractivity contribution >= 4 is 22.8 Å². The summed E-state index contributed by atoms with van der Waals surface area (Å²) in [5, 5.41) is 13.0. The third kappa shape index (κ3) is 1.86. The van der Waals surface area contributed by atoms with Crippen LogP contribution in [0.4, 0.5) is 0 Å². The maximum atomic E-state index is 10.6. The van der Waals surface area contributed by atoms with Crippen LogP contribution in [-0.4, -0.2) is 41.0 Å². The van der Waals surface area contributed by atoms with E-state index in [2.05, 4.69) is 10.3 Å². The van der Waals surface area contributed by atoms with Gasteiger partial charge in [0.1, 0.15) is 0 Å². The molecule has 0 bridgehead atoms. The van der Waals surface area contributed by atoms with Crippen molar-refractivity contribution in [3.63, 3.8) is 0 Å². The Bertz CT molecular complexity index is 249. The van der Waals surface area contributed by atoms with Crippen molar-refractivity contribution in [3.05, 3.63) is 0 Å². The molecule has 0 aromatic heterocycles. The number of thioether (sulfide) groups is 1. The Morgan fingerprint density at radius 1 is 1.69 bits per heavy atom. The minimum Gasteiger partial charge on any atom is -0.480 e. The number of nitrogens with one attached hydrogen (secondary N) is 1. The fourth-order valence-electron chi connectivity index (χ4n) is 1.61. The average Bonchev–Trinajstić information content (AvgIpc) is 2.75. The second-order valence-electron chi connectivity index (χ2n) is 3.32. The first-order valence-electron chi connectivity index (χ1n) is 4.41. The van der Waals surface area contributed by atoms with E-state index < -0.39 is 12.0 Å². The topological polar surface area (TPSA) is 61.7 Å². The third-order valence-electron chi connectivity index (χ3n) is 2.37. The Morgan fingerprint density at radius 2 is 2.54 bits per heavy atom. The van der Waals surface area contributed by atoms with E-state index in [1.54, 1.807) is 11.8 Å². The summed E-state index contributed by atoms with van der Waals surface area (Å²) in [6, 6.07) is -0.499. The van der Waals surface area contributed by atoms with Crippen LogP contribution in [-0.2, 0) is 4.79 Å². The second kappa shape index (κ2) is 3.67. The number of rotatable bonds is 2. The molecular formula is C8H12N2O2S. The van der Waals surface area contributed by atoms with Crippen molar-refractivity contribution in [2.45, 2.75) is 12.5 Å². The third-order valence-corrected chi connectivity index (χ3v) is 3.58. The van der Waals surface area contributed by atoms with E-state index in [1.807, 2.05) is 0 Å². The van der Waals surface area contributed by atoms with Gasteiger partial charge >= 0.3 is 5.97 Å². The molecule has 0 spiro atoms. The number of hydrogen-bond donors (Lipinski definition) is 2. The molecule has 2 rings (SSSR count). The fraction of sp³-hybridized carbons (Fsp3) is 0.750. The number of carboxylic acid groups (broad SMARTS) is 1. The zero-order valence-electron chi connectivity index (χ0n) is 7.19. The molecule has 1 saturated heterocycles. The molecule has 0 aliphatic carbocycles. The summed E-state index contributed by atoms with van der Waals surface area (Å²) in [5.41, 5.74) is 0. The molecule has 0 saturated carbocycles. The highest BCUT2D eigenvalue weighted by Crippen LogP contribution is 2.26. The Kier molecular flexibility index (Phi) is 2.55. The van der Waals surface area contributed by atoms with Gasteiger partial charge in [0.2, 0.25) is 0 Å². The summed E-state index contributed by atoms with van der Waals surface area (Å²) in [6.07, 6.45) is 1.10. The van der Waals surface area contributed by atoms with Gasteiger partial charge in [-0.05, 0) is 13.0 Å². The van der Waals surface area contributed by atoms with Crippen LogP contribution in [0.3, 0.4) is 0 Å². The molecule has 0 amide bonds. The zero-order valence-corrected chi connectivity index (χ0v) is 8.01. The van der Waals surface area contributed by atoms with Crippen LogP contribution in [0, 0.1) is 5.92 Å². The zero-order chi connectivity index (χ0) is 9.26. The van der Waals surface area contributed by atoms with Gasteiger partial charge in [-0.25, -0.2) is 4.79 Å². The predicted molar refractivity (Wildman–Crippen MR) is 52.3 cm³/mol. The lowest BCUT2D eigenvalue weighted by atomic mass is 10.1. The molecule has 72 valence electrons. The highest BCUT2D eigenvalue weighted by molar-refractivity contribution is 8.14. The maximum Gasteiger partial charge on any atom is 0.329 e. The van der Waals surface area contributed by atoms with Gasteiger partial charge < -0.3 is 10.4 Å². The van der Waals surface area contributed by atoms with Crippen LogP contribution in [0.1, 0.15) is 6.42 Å². The molecule has 1 unspecified atom stereocenters. The van der Waals surface area contributed by atoms with E-state index in [9.17, 15) is 4.79 Å². The van der Waals surface area contributed by atoms with E-state index in [4.69, 9.17) is 5.11 Å². The van der Waals surface area contributed by atoms with Crippen molar-refractivity contribution in [2.24, 2.45) is 10.9 Å². The summed E-state index contributed by atoms with van der Waals surface area (Å²) < 4.78 is 0. The van der Waals surface area contributed by atoms with E-state index in [-0.39, 0.29) is 0 Å². The highest BCUT2D eigenvalue weighted by Gasteiger charge is 2.30. The Morgan fingerprint density at radius 3 is 3.08 bits per heavy atom. The minimum absolute atomic E-state index is 0.467. The number of aliphatic imine (C=N–C) groups is 1. The van der Waals surface area contributed by atoms with Gasteiger partial charge in [-0.1, -0.05) is 0 Å². The van der Waals surface area contributed by atoms with Crippen molar-refractivity contribution in [1.82, 2.24) is 5.32 Å². The first-order chi connectivity index (χ1) is 6.27. The van der Waals surface area contributed by atoms with Crippen molar-refractivity contribution < 1.29 is 9.90 Å². The van der Waals surface area contributed by atoms with E-state index >= 15 is 0 Å². The number of aliphatic carboxylic acids is 1. The van der Waals surface area contributed by atoms with E-state index in [0.29, 0.717) is 11.7 Å². The van der Waals surface area contributed by atoms with Crippen LogP contribution in [0.5, 0.6) is 0 Å². The highest BCUT2D eigenvalue weighted by atomic mass is 32.2. The molecule has 13 heavy (non-hydrogen) atoms. The molecule has 4 nitrogen and oxygen atoms in total. The molecule has 2 aliphatic heterocycles. The molecule has 2 N–H and O–H groups in total. The summed E-state index contributed by atoms with van der Waals surface area (Å²) >= 11 is 1.61. The molecule has 2 atom stereocenters. The molecule has 0 aromatic rings. The molecule has 2 aliphatic rings. The van der Waals surface area contributed by atoms with Crippen LogP contribution in [0.15, 0.2) is 4.99 Å². The summed E-state index contributed by atoms with van der Waals surface area (Å²) in [5.74, 6) is 0.282. The molecule has 0 aromatic carbocycles. The molecular weight excluding hydrogens is 188 g/mol. The van der Waals surface area contributed by atoms with Gasteiger partial charge in [-0.15, -0.1) is 11.8 Å². The summed E-state index contributed by atoms with van der Waals surface area (Å²) in [4.78, 5) is 14.8. The largest absolute Gasteiger partial charge is 0.480 e. The summed E-state index contributed by atoms with van der Waals surface area (Å²) in [6.45, 7) is 1.99. The molecule has 2 heterocycles. The van der Waals surface area contributed by atoms with Crippen LogP contribution in [0.25, 0.3) is 0 Å². The van der Waals surface area contributed by atoms with Crippen molar-refractivity contribution in [2.75, 3.05) is 18.8 Å². The van der Waals surface area contributed by atoms with E-state index in [0.717, 1.165) is 24.6 Å². The number of hydrogen-bond acceptors (Lipinski definition) is 4. The fourth-order valence-corrected chi connectivity index (χ4v) is 2.79. The first-order valence-corrected chi connectivity index (χ1v) is 5.40. The van der Waals surface area contributed by atoms with Gasteiger partial charge in [0.25, 0.3) is 0 Å². The smallest absolute Gasteiger partial charge is 0.329 e. The normalized spacial score (nSPS) is 33.4. The first kappa shape index (κ1) is 9.02. The summed E-state index contributed by atoms with van der Waals surface area (Å²) in [7, 11) is 0. The lowest BCUT2D eigenvalue weighted by molar-refractivity contribution is -0.137. The number of carboxylic acids is 1. The quantitative estimate of drug-likeness (QED) is 0.668. The van der Waals surface area contributed by atoms with Crippen molar-refractivity contribution in [1.29, 1.82) is 0 Å². The minimum atomic E-state index is -0.798. The lowest BCUT2D eigenvalue weighted by Crippen LogP contribution is -2.17. The molecule has 5 heteroatoms. The standard InChI is InChI=1S/C8H12N2O2S/c11-8(12)6-4-13-7(10-6)5-1-2-9-3-5/h5-6,9H,1-4H2,(H,11,12)/t5?,6-/m1/s1. The predicted octanol–water partition coefficient (Wildman–Crippen LogP) is 0.194. The van der Waals surface area contributed by atoms with Gasteiger partial charge in [-0.2, -0.15) is 0 Å². The average molecular weight is 200 g/mol. The molecule has 1 fully saturated rings. The van der Waals surface area contributed by atoms with Gasteiger partial charge in [0, 0.05) is 18.2 Å². The second-order valence-corrected chi connectivity index (χ2v) is 4.36. The van der Waals surface area contributed by atoms with E-state index in [1.165, 1.54) is 0 Å². The SMILES string of the molecule is O=C(O)[C@H]1CSC(C2CCNC2)=N1. The van der Waals surface area contributed by atoms with Crippen molar-refractivity contribution in [3.8, 4) is 0 Å². The van der Waals surface area contributed by atoms with Crippen LogP contribution >= 0.6 is 11.8 Å². The lowest BCUT2D eigenvalue weighted by Gasteiger charge is -2.05. The number of carbonyl (C=O) groups is 1. The Hall–Kier alpha value is -0.550. The Labute approximate surface area is 80.8 Å².